The maximum atomic E-state index is 14.8. The van der Waals surface area contributed by atoms with Crippen LogP contribution in [0, 0.1) is 22.2 Å². The van der Waals surface area contributed by atoms with Gasteiger partial charge in [0, 0.05) is 54.0 Å². The standard InChI is InChI=1S/C39H50N4O6S/c1-37(2)28-16-17-38(37,3)34(44)32(28)40-36(46)39-20-29(39)27-19-24(49-6)13-15-25(27)33-31(22-10-8-7-9-11-22)26-14-12-23(18-30(26)43(33)21-39)35(45)41-50(47,48)42(4)5/h12-15,18-19,22,28-29,32,34,44H,7-11,16-17,20-21H2,1-6H3,(H,40,46)(H,41,45)/t28?,29?,32-,34-,38?,39+/m1/s1. The van der Waals surface area contributed by atoms with Crippen LogP contribution in [0.3, 0.4) is 0 Å². The number of hydrogen-bond acceptors (Lipinski definition) is 6. The Morgan fingerprint density at radius 2 is 1.76 bits per heavy atom. The summed E-state index contributed by atoms with van der Waals surface area (Å²) < 4.78 is 36.4. The normalized spacial score (nSPS) is 31.1. The number of fused-ring (bicyclic) bond motifs is 9. The number of rotatable bonds is 7. The summed E-state index contributed by atoms with van der Waals surface area (Å²) in [6.45, 7) is 7.04. The average molecular weight is 703 g/mol. The third kappa shape index (κ3) is 4.68. The van der Waals surface area contributed by atoms with Gasteiger partial charge in [0.1, 0.15) is 5.75 Å². The Balaban J connectivity index is 1.28. The van der Waals surface area contributed by atoms with Crippen molar-refractivity contribution in [2.24, 2.45) is 22.2 Å². The second-order valence-electron chi connectivity index (χ2n) is 16.7. The van der Waals surface area contributed by atoms with Crippen molar-refractivity contribution in [1.82, 2.24) is 18.9 Å². The molecule has 3 aromatic rings. The quantitative estimate of drug-likeness (QED) is 0.290. The van der Waals surface area contributed by atoms with E-state index >= 15 is 0 Å². The van der Waals surface area contributed by atoms with Crippen LogP contribution in [0.2, 0.25) is 0 Å². The van der Waals surface area contributed by atoms with Gasteiger partial charge in [0.05, 0.1) is 30.4 Å². The highest BCUT2D eigenvalue weighted by atomic mass is 32.2. The molecular formula is C39H50N4O6S. The molecule has 50 heavy (non-hydrogen) atoms. The molecule has 268 valence electrons. The molecule has 2 bridgehead atoms. The van der Waals surface area contributed by atoms with E-state index in [2.05, 4.69) is 47.5 Å². The van der Waals surface area contributed by atoms with Gasteiger partial charge in [-0.2, -0.15) is 12.7 Å². The maximum Gasteiger partial charge on any atom is 0.303 e. The molecule has 11 heteroatoms. The molecule has 10 nitrogen and oxygen atoms in total. The molecule has 5 aliphatic rings. The summed E-state index contributed by atoms with van der Waals surface area (Å²) in [7, 11) is 0.424. The molecular weight excluding hydrogens is 653 g/mol. The zero-order valence-corrected chi connectivity index (χ0v) is 30.8. The van der Waals surface area contributed by atoms with Crippen LogP contribution in [0.15, 0.2) is 36.4 Å². The van der Waals surface area contributed by atoms with Crippen LogP contribution in [0.5, 0.6) is 5.75 Å². The van der Waals surface area contributed by atoms with Gasteiger partial charge in [0.15, 0.2) is 0 Å². The molecule has 1 aliphatic heterocycles. The van der Waals surface area contributed by atoms with Crippen molar-refractivity contribution in [2.75, 3.05) is 21.2 Å². The third-order valence-corrected chi connectivity index (χ3v) is 15.4. The fourth-order valence-electron chi connectivity index (χ4n) is 10.5. The number of carbonyl (C=O) groups is 2. The second kappa shape index (κ2) is 11.3. The van der Waals surface area contributed by atoms with Gasteiger partial charge in [-0.1, -0.05) is 46.1 Å². The third-order valence-electron chi connectivity index (χ3n) is 14.0. The van der Waals surface area contributed by atoms with Crippen LogP contribution in [0.25, 0.3) is 22.2 Å². The summed E-state index contributed by atoms with van der Waals surface area (Å²) in [5.41, 5.74) is 4.45. The molecule has 0 spiro atoms. The van der Waals surface area contributed by atoms with Gasteiger partial charge in [0.25, 0.3) is 5.91 Å². The number of aromatic nitrogens is 1. The van der Waals surface area contributed by atoms with E-state index in [9.17, 15) is 23.1 Å². The average Bonchev–Trinajstić information content (AvgIpc) is 3.66. The highest BCUT2D eigenvalue weighted by Gasteiger charge is 2.68. The molecule has 2 heterocycles. The summed E-state index contributed by atoms with van der Waals surface area (Å²) in [4.78, 5) is 28.2. The Hall–Kier alpha value is -3.41. The minimum atomic E-state index is -3.99. The first-order valence-electron chi connectivity index (χ1n) is 18.2. The Kier molecular flexibility index (Phi) is 7.62. The number of nitrogens with one attached hydrogen (secondary N) is 2. The molecule has 2 aromatic carbocycles. The summed E-state index contributed by atoms with van der Waals surface area (Å²) in [5.74, 6) is 0.474. The fourth-order valence-corrected chi connectivity index (χ4v) is 11.1. The van der Waals surface area contributed by atoms with Crippen LogP contribution in [0.4, 0.5) is 0 Å². The van der Waals surface area contributed by atoms with E-state index in [4.69, 9.17) is 4.74 Å². The van der Waals surface area contributed by atoms with E-state index in [0.29, 0.717) is 18.9 Å². The molecule has 0 radical (unpaired) electrons. The second-order valence-corrected chi connectivity index (χ2v) is 18.6. The van der Waals surface area contributed by atoms with E-state index in [-0.39, 0.29) is 40.2 Å². The number of ether oxygens (including phenoxy) is 1. The highest BCUT2D eigenvalue weighted by molar-refractivity contribution is 7.87. The first-order chi connectivity index (χ1) is 23.6. The lowest BCUT2D eigenvalue weighted by Crippen LogP contribution is -2.51. The monoisotopic (exact) mass is 702 g/mol. The molecule has 8 rings (SSSR count). The molecule has 4 aliphatic carbocycles. The molecule has 2 amide bonds. The largest absolute Gasteiger partial charge is 0.497 e. The van der Waals surface area contributed by atoms with E-state index in [1.165, 1.54) is 26.1 Å². The van der Waals surface area contributed by atoms with E-state index < -0.39 is 27.6 Å². The van der Waals surface area contributed by atoms with E-state index in [1.54, 1.807) is 19.2 Å². The van der Waals surface area contributed by atoms with Crippen molar-refractivity contribution in [3.05, 3.63) is 53.1 Å². The number of methoxy groups -OCH3 is 1. The topological polar surface area (TPSA) is 130 Å². The van der Waals surface area contributed by atoms with Crippen molar-refractivity contribution < 1.29 is 27.9 Å². The Bertz CT molecular complexity index is 2030. The SMILES string of the molecule is COc1ccc2c(c1)C1C[C@]1(C(=O)N[C@@H]1C3CCC(C)([C@@H]1O)C3(C)C)Cn1c-2c(C2CCCCC2)c2ccc(C(=O)NS(=O)(=O)N(C)C)cc21. The summed E-state index contributed by atoms with van der Waals surface area (Å²) in [5, 5.41) is 16.1. The molecule has 4 saturated carbocycles. The van der Waals surface area contributed by atoms with Gasteiger partial charge >= 0.3 is 10.2 Å². The minimum Gasteiger partial charge on any atom is -0.497 e. The predicted molar refractivity (Wildman–Crippen MR) is 192 cm³/mol. The zero-order valence-electron chi connectivity index (χ0n) is 30.0. The molecule has 3 unspecified atom stereocenters. The molecule has 0 saturated heterocycles. The van der Waals surface area contributed by atoms with Crippen LogP contribution < -0.4 is 14.8 Å². The Labute approximate surface area is 295 Å². The van der Waals surface area contributed by atoms with E-state index in [1.807, 2.05) is 12.1 Å². The van der Waals surface area contributed by atoms with Crippen molar-refractivity contribution in [3.8, 4) is 17.0 Å². The van der Waals surface area contributed by atoms with Crippen LogP contribution in [-0.4, -0.2) is 67.6 Å². The number of nitrogens with zero attached hydrogens (tertiary/aromatic N) is 2. The number of aliphatic hydroxyl groups excluding tert-OH is 1. The van der Waals surface area contributed by atoms with Gasteiger partial charge in [-0.3, -0.25) is 9.59 Å². The van der Waals surface area contributed by atoms with Crippen LogP contribution in [0.1, 0.15) is 105 Å². The first kappa shape index (κ1) is 33.7. The van der Waals surface area contributed by atoms with Crippen molar-refractivity contribution in [3.63, 3.8) is 0 Å². The number of aliphatic hydroxyl groups is 1. The Morgan fingerprint density at radius 3 is 2.42 bits per heavy atom. The first-order valence-corrected chi connectivity index (χ1v) is 19.7. The van der Waals surface area contributed by atoms with Gasteiger partial charge < -0.3 is 19.7 Å². The Morgan fingerprint density at radius 1 is 1.02 bits per heavy atom. The summed E-state index contributed by atoms with van der Waals surface area (Å²) >= 11 is 0. The van der Waals surface area contributed by atoms with Crippen molar-refractivity contribution in [2.45, 2.75) is 103 Å². The summed E-state index contributed by atoms with van der Waals surface area (Å²) in [6, 6.07) is 11.4. The zero-order chi connectivity index (χ0) is 35.5. The number of benzene rings is 2. The number of hydrogen-bond donors (Lipinski definition) is 3. The number of carbonyl (C=O) groups excluding carboxylic acids is 2. The lowest BCUT2D eigenvalue weighted by molar-refractivity contribution is -0.129. The highest BCUT2D eigenvalue weighted by Crippen LogP contribution is 2.68. The molecule has 4 fully saturated rings. The molecule has 6 atom stereocenters. The van der Waals surface area contributed by atoms with Crippen molar-refractivity contribution in [1.29, 1.82) is 0 Å². The number of amides is 2. The van der Waals surface area contributed by atoms with Crippen molar-refractivity contribution >= 4 is 32.9 Å². The molecule has 3 N–H and O–H groups in total. The molecule has 1 aromatic heterocycles. The fraction of sp³-hybridized carbons (Fsp3) is 0.590. The summed E-state index contributed by atoms with van der Waals surface area (Å²) in [6.07, 6.45) is 7.59. The van der Waals surface area contributed by atoms with Crippen LogP contribution in [-0.2, 0) is 21.5 Å². The van der Waals surface area contributed by atoms with Gasteiger partial charge in [-0.15, -0.1) is 0 Å². The van der Waals surface area contributed by atoms with E-state index in [0.717, 1.165) is 76.3 Å². The lowest BCUT2D eigenvalue weighted by atomic mass is 9.70. The van der Waals surface area contributed by atoms with Gasteiger partial charge in [-0.05, 0) is 90.8 Å². The van der Waals surface area contributed by atoms with Gasteiger partial charge in [-0.25, -0.2) is 4.72 Å². The maximum absolute atomic E-state index is 14.8. The smallest absolute Gasteiger partial charge is 0.303 e. The minimum absolute atomic E-state index is 0.0350. The predicted octanol–water partition coefficient (Wildman–Crippen LogP) is 5.69. The van der Waals surface area contributed by atoms with Crippen LogP contribution >= 0.6 is 0 Å². The van der Waals surface area contributed by atoms with Gasteiger partial charge in [0.2, 0.25) is 5.91 Å². The lowest BCUT2D eigenvalue weighted by Gasteiger charge is -2.37.